The number of likely N-dealkylation sites (tertiary alicyclic amines) is 1. The summed E-state index contributed by atoms with van der Waals surface area (Å²) in [6.07, 6.45) is 4.98. The van der Waals surface area contributed by atoms with Crippen molar-refractivity contribution in [2.24, 2.45) is 0 Å². The van der Waals surface area contributed by atoms with Crippen LogP contribution in [-0.2, 0) is 4.74 Å². The Morgan fingerprint density at radius 2 is 1.85 bits per heavy atom. The first kappa shape index (κ1) is 22.9. The second-order valence-electron chi connectivity index (χ2n) is 9.62. The van der Waals surface area contributed by atoms with Crippen molar-refractivity contribution in [3.8, 4) is 17.0 Å². The van der Waals surface area contributed by atoms with Gasteiger partial charge in [-0.1, -0.05) is 6.07 Å². The van der Waals surface area contributed by atoms with Crippen LogP contribution in [0.1, 0.15) is 56.4 Å². The summed E-state index contributed by atoms with van der Waals surface area (Å²) in [4.78, 5) is 32.9. The van der Waals surface area contributed by atoms with Gasteiger partial charge in [-0.15, -0.1) is 0 Å². The van der Waals surface area contributed by atoms with E-state index in [-0.39, 0.29) is 12.0 Å². The molecule has 8 heteroatoms. The Balaban J connectivity index is 1.64. The molecule has 1 aliphatic heterocycles. The second-order valence-corrected chi connectivity index (χ2v) is 9.62. The Kier molecular flexibility index (Phi) is 6.19. The molecule has 174 valence electrons. The second kappa shape index (κ2) is 8.92. The van der Waals surface area contributed by atoms with Crippen LogP contribution in [0.25, 0.3) is 22.6 Å². The van der Waals surface area contributed by atoms with Crippen LogP contribution >= 0.6 is 0 Å². The number of nitrogens with zero attached hydrogens (tertiary/aromatic N) is 5. The van der Waals surface area contributed by atoms with E-state index >= 15 is 0 Å². The quantitative estimate of drug-likeness (QED) is 0.566. The predicted octanol–water partition coefficient (Wildman–Crippen LogP) is 4.83. The summed E-state index contributed by atoms with van der Waals surface area (Å²) in [5.41, 5.74) is 5.05. The number of carbonyl (C=O) groups excluding carboxylic acids is 1. The minimum atomic E-state index is -0.520. The van der Waals surface area contributed by atoms with Crippen molar-refractivity contribution < 1.29 is 14.3 Å². The molecule has 1 aromatic carbocycles. The number of aromatic nitrogens is 4. The number of amides is 1. The van der Waals surface area contributed by atoms with Gasteiger partial charge in [0.15, 0.2) is 11.3 Å². The predicted molar refractivity (Wildman–Crippen MR) is 126 cm³/mol. The molecule has 33 heavy (non-hydrogen) atoms. The zero-order valence-electron chi connectivity index (χ0n) is 20.2. The lowest BCUT2D eigenvalue weighted by Gasteiger charge is -2.33. The molecule has 0 unspecified atom stereocenters. The lowest BCUT2D eigenvalue weighted by atomic mass is 9.95. The van der Waals surface area contributed by atoms with E-state index < -0.39 is 5.60 Å². The number of aryl methyl sites for hydroxylation is 2. The molecule has 0 N–H and O–H groups in total. The number of methoxy groups -OCH3 is 1. The van der Waals surface area contributed by atoms with Gasteiger partial charge in [0.1, 0.15) is 11.4 Å². The van der Waals surface area contributed by atoms with Crippen molar-refractivity contribution in [1.82, 2.24) is 24.8 Å². The molecule has 0 bridgehead atoms. The van der Waals surface area contributed by atoms with E-state index in [2.05, 4.69) is 16.0 Å². The Morgan fingerprint density at radius 3 is 2.58 bits per heavy atom. The summed E-state index contributed by atoms with van der Waals surface area (Å²) >= 11 is 0. The van der Waals surface area contributed by atoms with Crippen molar-refractivity contribution in [2.45, 2.75) is 59.0 Å². The number of carbonyl (C=O) groups is 1. The topological polar surface area (TPSA) is 90.3 Å². The van der Waals surface area contributed by atoms with Gasteiger partial charge in [-0.2, -0.15) is 0 Å². The van der Waals surface area contributed by atoms with Gasteiger partial charge in [0, 0.05) is 24.6 Å². The fourth-order valence-corrected chi connectivity index (χ4v) is 4.26. The van der Waals surface area contributed by atoms with E-state index in [4.69, 9.17) is 19.4 Å². The minimum Gasteiger partial charge on any atom is -0.496 e. The smallest absolute Gasteiger partial charge is 0.410 e. The molecule has 0 saturated carbocycles. The number of rotatable bonds is 3. The van der Waals surface area contributed by atoms with Crippen LogP contribution in [0, 0.1) is 13.8 Å². The van der Waals surface area contributed by atoms with Crippen LogP contribution in [0.5, 0.6) is 5.75 Å². The lowest BCUT2D eigenvalue weighted by Crippen LogP contribution is -2.42. The summed E-state index contributed by atoms with van der Waals surface area (Å²) in [5, 5.41) is 0. The molecule has 8 nitrogen and oxygen atoms in total. The minimum absolute atomic E-state index is 0.0734. The largest absolute Gasteiger partial charge is 0.496 e. The van der Waals surface area contributed by atoms with E-state index in [9.17, 15) is 4.79 Å². The van der Waals surface area contributed by atoms with Gasteiger partial charge < -0.3 is 14.4 Å². The summed E-state index contributed by atoms with van der Waals surface area (Å²) in [5.74, 6) is 0.829. The third-order valence-corrected chi connectivity index (χ3v) is 5.70. The molecule has 0 aliphatic carbocycles. The Labute approximate surface area is 194 Å². The monoisotopic (exact) mass is 449 g/mol. The molecule has 1 atom stereocenters. The molecule has 1 aliphatic rings. The molecule has 3 heterocycles. The highest BCUT2D eigenvalue weighted by Crippen LogP contribution is 2.33. The van der Waals surface area contributed by atoms with Crippen LogP contribution in [0.2, 0.25) is 0 Å². The number of fused-ring (bicyclic) bond motifs is 1. The molecule has 1 saturated heterocycles. The van der Waals surface area contributed by atoms with Gasteiger partial charge in [0.25, 0.3) is 0 Å². The molecular weight excluding hydrogens is 418 g/mol. The van der Waals surface area contributed by atoms with Crippen molar-refractivity contribution >= 4 is 17.4 Å². The first-order chi connectivity index (χ1) is 15.6. The fraction of sp³-hybridized carbons (Fsp3) is 0.480. The van der Waals surface area contributed by atoms with Crippen LogP contribution < -0.4 is 4.74 Å². The van der Waals surface area contributed by atoms with Gasteiger partial charge in [0.05, 0.1) is 30.9 Å². The Hall–Kier alpha value is -3.29. The molecule has 1 fully saturated rings. The van der Waals surface area contributed by atoms with Gasteiger partial charge in [-0.25, -0.2) is 24.7 Å². The average molecular weight is 450 g/mol. The van der Waals surface area contributed by atoms with Crippen LogP contribution in [0.4, 0.5) is 4.79 Å². The zero-order valence-corrected chi connectivity index (χ0v) is 20.2. The van der Waals surface area contributed by atoms with Crippen molar-refractivity contribution in [3.63, 3.8) is 0 Å². The van der Waals surface area contributed by atoms with Gasteiger partial charge in [-0.3, -0.25) is 0 Å². The summed E-state index contributed by atoms with van der Waals surface area (Å²) in [6.45, 7) is 10.9. The van der Waals surface area contributed by atoms with E-state index in [1.807, 2.05) is 40.7 Å². The fourth-order valence-electron chi connectivity index (χ4n) is 4.26. The highest BCUT2D eigenvalue weighted by Gasteiger charge is 2.29. The van der Waals surface area contributed by atoms with Crippen LogP contribution in [0.3, 0.4) is 0 Å². The highest BCUT2D eigenvalue weighted by molar-refractivity contribution is 5.75. The summed E-state index contributed by atoms with van der Waals surface area (Å²) < 4.78 is 11.2. The number of hydrogen-bond acceptors (Lipinski definition) is 7. The van der Waals surface area contributed by atoms with Crippen molar-refractivity contribution in [1.29, 1.82) is 0 Å². The third-order valence-electron chi connectivity index (χ3n) is 5.70. The molecule has 0 spiro atoms. The molecular formula is C25H31N5O3. The number of piperidine rings is 1. The Bertz CT molecular complexity index is 1190. The summed E-state index contributed by atoms with van der Waals surface area (Å²) in [6, 6.07) is 4.09. The van der Waals surface area contributed by atoms with E-state index in [1.54, 1.807) is 24.4 Å². The normalized spacial score (nSPS) is 16.7. The SMILES string of the molecule is COc1cc(C)cc(C)c1-c1cnc2ncc([C@@H]3CCCN(C(=O)OC(C)(C)C)C3)nc2n1. The zero-order chi connectivity index (χ0) is 23.8. The van der Waals surface area contributed by atoms with Gasteiger partial charge >= 0.3 is 6.09 Å². The van der Waals surface area contributed by atoms with E-state index in [0.29, 0.717) is 30.1 Å². The van der Waals surface area contributed by atoms with Gasteiger partial charge in [0.2, 0.25) is 0 Å². The molecule has 3 aromatic rings. The van der Waals surface area contributed by atoms with Gasteiger partial charge in [-0.05, 0) is 64.7 Å². The Morgan fingerprint density at radius 1 is 1.09 bits per heavy atom. The summed E-state index contributed by atoms with van der Waals surface area (Å²) in [7, 11) is 1.66. The average Bonchev–Trinajstić information content (AvgIpc) is 2.76. The van der Waals surface area contributed by atoms with E-state index in [0.717, 1.165) is 41.0 Å². The van der Waals surface area contributed by atoms with Crippen LogP contribution in [-0.4, -0.2) is 56.7 Å². The first-order valence-corrected chi connectivity index (χ1v) is 11.3. The maximum absolute atomic E-state index is 12.6. The lowest BCUT2D eigenvalue weighted by molar-refractivity contribution is 0.0197. The van der Waals surface area contributed by atoms with Crippen LogP contribution in [0.15, 0.2) is 24.5 Å². The maximum Gasteiger partial charge on any atom is 0.410 e. The van der Waals surface area contributed by atoms with E-state index in [1.165, 1.54) is 0 Å². The first-order valence-electron chi connectivity index (χ1n) is 11.3. The standard InChI is InChI=1S/C25H31N5O3/c1-15-10-16(2)21(20(11-15)32-6)19-13-27-22-23(29-19)28-18(12-26-22)17-8-7-9-30(14-17)24(31)33-25(3,4)5/h10-13,17H,7-9,14H2,1-6H3/t17-/m1/s1. The molecule has 1 amide bonds. The molecule has 4 rings (SSSR count). The number of hydrogen-bond donors (Lipinski definition) is 0. The van der Waals surface area contributed by atoms with Crippen molar-refractivity contribution in [2.75, 3.05) is 20.2 Å². The number of benzene rings is 1. The molecule has 0 radical (unpaired) electrons. The molecule has 2 aromatic heterocycles. The van der Waals surface area contributed by atoms with Crippen molar-refractivity contribution in [3.05, 3.63) is 41.3 Å². The number of ether oxygens (including phenoxy) is 2. The highest BCUT2D eigenvalue weighted by atomic mass is 16.6. The maximum atomic E-state index is 12.6. The third kappa shape index (κ3) is 5.05.